The predicted molar refractivity (Wildman–Crippen MR) is 58.3 cm³/mol. The molecule has 1 amide bonds. The average Bonchev–Trinajstić information content (AvgIpc) is 2.64. The summed E-state index contributed by atoms with van der Waals surface area (Å²) in [5, 5.41) is 5.79. The molecule has 15 heavy (non-hydrogen) atoms. The molecule has 5 heteroatoms. The van der Waals surface area contributed by atoms with Crippen molar-refractivity contribution in [3.63, 3.8) is 0 Å². The first-order valence-electron chi connectivity index (χ1n) is 5.18. The number of aryl methyl sites for hydroxylation is 1. The van der Waals surface area contributed by atoms with Crippen LogP contribution in [0.15, 0.2) is 12.5 Å². The molecule has 0 fully saturated rings. The highest BCUT2D eigenvalue weighted by Gasteiger charge is 2.01. The summed E-state index contributed by atoms with van der Waals surface area (Å²) in [5.74, 6) is 0.0846. The number of carbonyl (C=O) groups is 1. The van der Waals surface area contributed by atoms with E-state index in [1.807, 2.05) is 24.7 Å². The second-order valence-electron chi connectivity index (χ2n) is 3.34. The molecule has 0 bridgehead atoms. The number of hydrogen-bond acceptors (Lipinski definition) is 3. The van der Waals surface area contributed by atoms with Crippen molar-refractivity contribution in [1.29, 1.82) is 0 Å². The number of nitrogens with one attached hydrogen (secondary N) is 2. The molecule has 1 rings (SSSR count). The number of amides is 1. The van der Waals surface area contributed by atoms with Gasteiger partial charge in [-0.2, -0.15) is 0 Å². The monoisotopic (exact) mass is 210 g/mol. The zero-order valence-corrected chi connectivity index (χ0v) is 9.29. The molecule has 0 aromatic carbocycles. The third-order valence-corrected chi connectivity index (χ3v) is 2.02. The van der Waals surface area contributed by atoms with Gasteiger partial charge in [0.2, 0.25) is 5.91 Å². The molecule has 2 N–H and O–H groups in total. The van der Waals surface area contributed by atoms with Crippen LogP contribution in [0.25, 0.3) is 0 Å². The van der Waals surface area contributed by atoms with Crippen LogP contribution in [0.4, 0.5) is 0 Å². The van der Waals surface area contributed by atoms with Crippen LogP contribution < -0.4 is 10.6 Å². The van der Waals surface area contributed by atoms with Gasteiger partial charge < -0.3 is 15.2 Å². The van der Waals surface area contributed by atoms with Crippen molar-refractivity contribution in [3.8, 4) is 0 Å². The predicted octanol–water partition coefficient (Wildman–Crippen LogP) is 0.129. The fourth-order valence-corrected chi connectivity index (χ4v) is 1.32. The minimum atomic E-state index is 0.0846. The van der Waals surface area contributed by atoms with Crippen molar-refractivity contribution >= 4 is 5.91 Å². The Morgan fingerprint density at radius 2 is 2.40 bits per heavy atom. The van der Waals surface area contributed by atoms with E-state index in [2.05, 4.69) is 15.6 Å². The smallest absolute Gasteiger partial charge is 0.221 e. The summed E-state index contributed by atoms with van der Waals surface area (Å²) in [6.07, 6.45) is 4.21. The summed E-state index contributed by atoms with van der Waals surface area (Å²) < 4.78 is 1.93. The quantitative estimate of drug-likeness (QED) is 0.701. The van der Waals surface area contributed by atoms with Gasteiger partial charge in [0.25, 0.3) is 0 Å². The van der Waals surface area contributed by atoms with Crippen molar-refractivity contribution in [3.05, 3.63) is 18.2 Å². The van der Waals surface area contributed by atoms with Gasteiger partial charge in [-0.25, -0.2) is 4.98 Å². The van der Waals surface area contributed by atoms with Crippen LogP contribution in [0, 0.1) is 0 Å². The minimum Gasteiger partial charge on any atom is -0.356 e. The van der Waals surface area contributed by atoms with E-state index in [4.69, 9.17) is 0 Å². The maximum atomic E-state index is 11.2. The van der Waals surface area contributed by atoms with Crippen molar-refractivity contribution in [2.75, 3.05) is 13.6 Å². The molecule has 84 valence electrons. The van der Waals surface area contributed by atoms with Gasteiger partial charge in [0.15, 0.2) is 0 Å². The Balaban J connectivity index is 2.34. The lowest BCUT2D eigenvalue weighted by atomic mass is 10.4. The number of rotatable bonds is 6. The SMILES string of the molecule is CCNC(=O)CCn1cnc(CNC)c1. The number of aromatic nitrogens is 2. The standard InChI is InChI=1S/C10H18N4O/c1-3-12-10(15)4-5-14-7-9(6-11-2)13-8-14/h7-8,11H,3-6H2,1-2H3,(H,12,15). The highest BCUT2D eigenvalue weighted by molar-refractivity contribution is 5.75. The van der Waals surface area contributed by atoms with Crippen molar-refractivity contribution in [1.82, 2.24) is 20.2 Å². The molecule has 0 spiro atoms. The number of carbonyl (C=O) groups excluding carboxylic acids is 1. The number of nitrogens with zero attached hydrogens (tertiary/aromatic N) is 2. The number of hydrogen-bond donors (Lipinski definition) is 2. The van der Waals surface area contributed by atoms with Gasteiger partial charge >= 0.3 is 0 Å². The van der Waals surface area contributed by atoms with E-state index in [0.717, 1.165) is 12.2 Å². The maximum Gasteiger partial charge on any atom is 0.221 e. The van der Waals surface area contributed by atoms with E-state index in [9.17, 15) is 4.79 Å². The molecule has 0 aliphatic heterocycles. The Morgan fingerprint density at radius 3 is 3.07 bits per heavy atom. The van der Waals surface area contributed by atoms with E-state index in [1.54, 1.807) is 6.33 Å². The van der Waals surface area contributed by atoms with E-state index in [0.29, 0.717) is 19.5 Å². The lowest BCUT2D eigenvalue weighted by Crippen LogP contribution is -2.23. The van der Waals surface area contributed by atoms with Crippen LogP contribution in [0.3, 0.4) is 0 Å². The molecule has 5 nitrogen and oxygen atoms in total. The van der Waals surface area contributed by atoms with Crippen molar-refractivity contribution in [2.24, 2.45) is 0 Å². The molecule has 0 aliphatic carbocycles. The first-order valence-corrected chi connectivity index (χ1v) is 5.18. The molecular formula is C10H18N4O. The van der Waals surface area contributed by atoms with Crippen molar-refractivity contribution < 1.29 is 4.79 Å². The maximum absolute atomic E-state index is 11.2. The summed E-state index contributed by atoms with van der Waals surface area (Å²) in [7, 11) is 1.88. The van der Waals surface area contributed by atoms with E-state index in [1.165, 1.54) is 0 Å². The Bertz CT molecular complexity index is 308. The topological polar surface area (TPSA) is 59.0 Å². The summed E-state index contributed by atoms with van der Waals surface area (Å²) in [6, 6.07) is 0. The molecule has 0 saturated heterocycles. The zero-order valence-electron chi connectivity index (χ0n) is 9.29. The Kier molecular flexibility index (Phi) is 4.83. The van der Waals surface area contributed by atoms with Gasteiger partial charge in [-0.05, 0) is 14.0 Å². The first kappa shape index (κ1) is 11.7. The lowest BCUT2D eigenvalue weighted by Gasteiger charge is -2.02. The second-order valence-corrected chi connectivity index (χ2v) is 3.34. The number of imidazole rings is 1. The third-order valence-electron chi connectivity index (χ3n) is 2.02. The summed E-state index contributed by atoms with van der Waals surface area (Å²) in [4.78, 5) is 15.4. The molecule has 0 atom stereocenters. The average molecular weight is 210 g/mol. The Labute approximate surface area is 89.9 Å². The third kappa shape index (κ3) is 4.12. The zero-order chi connectivity index (χ0) is 11.1. The van der Waals surface area contributed by atoms with Gasteiger partial charge in [-0.1, -0.05) is 0 Å². The van der Waals surface area contributed by atoms with Gasteiger partial charge in [-0.3, -0.25) is 4.79 Å². The van der Waals surface area contributed by atoms with Crippen LogP contribution in [-0.4, -0.2) is 29.1 Å². The van der Waals surface area contributed by atoms with Gasteiger partial charge in [-0.15, -0.1) is 0 Å². The molecule has 0 aliphatic rings. The van der Waals surface area contributed by atoms with Crippen molar-refractivity contribution in [2.45, 2.75) is 26.4 Å². The minimum absolute atomic E-state index is 0.0846. The van der Waals surface area contributed by atoms with E-state index >= 15 is 0 Å². The molecule has 0 saturated carbocycles. The first-order chi connectivity index (χ1) is 7.26. The van der Waals surface area contributed by atoms with Gasteiger partial charge in [0.1, 0.15) is 0 Å². The van der Waals surface area contributed by atoms with Gasteiger partial charge in [0.05, 0.1) is 12.0 Å². The van der Waals surface area contributed by atoms with Crippen LogP contribution in [0.2, 0.25) is 0 Å². The van der Waals surface area contributed by atoms with E-state index < -0.39 is 0 Å². The summed E-state index contributed by atoms with van der Waals surface area (Å²) in [5.41, 5.74) is 0.994. The molecule has 0 radical (unpaired) electrons. The fraction of sp³-hybridized carbons (Fsp3) is 0.600. The molecule has 1 heterocycles. The van der Waals surface area contributed by atoms with Crippen LogP contribution in [0.5, 0.6) is 0 Å². The molecule has 0 unspecified atom stereocenters. The van der Waals surface area contributed by atoms with Gasteiger partial charge in [0, 0.05) is 32.3 Å². The summed E-state index contributed by atoms with van der Waals surface area (Å²) >= 11 is 0. The lowest BCUT2D eigenvalue weighted by molar-refractivity contribution is -0.121. The largest absolute Gasteiger partial charge is 0.356 e. The summed E-state index contributed by atoms with van der Waals surface area (Å²) in [6.45, 7) is 4.05. The Morgan fingerprint density at radius 1 is 1.60 bits per heavy atom. The molecule has 1 aromatic rings. The normalized spacial score (nSPS) is 10.3. The van der Waals surface area contributed by atoms with E-state index in [-0.39, 0.29) is 5.91 Å². The Hall–Kier alpha value is -1.36. The van der Waals surface area contributed by atoms with Crippen LogP contribution >= 0.6 is 0 Å². The van der Waals surface area contributed by atoms with Crippen LogP contribution in [0.1, 0.15) is 19.0 Å². The molecular weight excluding hydrogens is 192 g/mol. The highest BCUT2D eigenvalue weighted by Crippen LogP contribution is 1.97. The highest BCUT2D eigenvalue weighted by atomic mass is 16.1. The molecule has 1 aromatic heterocycles. The van der Waals surface area contributed by atoms with Crippen LogP contribution in [-0.2, 0) is 17.9 Å². The fourth-order valence-electron chi connectivity index (χ4n) is 1.32. The second kappa shape index (κ2) is 6.19.